The molecule has 1 N–H and O–H groups in total. The molecule has 0 radical (unpaired) electrons. The predicted octanol–water partition coefficient (Wildman–Crippen LogP) is 8.38. The minimum absolute atomic E-state index is 0.0678. The average molecular weight is 556 g/mol. The van der Waals surface area contributed by atoms with Gasteiger partial charge in [0.2, 0.25) is 0 Å². The van der Waals surface area contributed by atoms with E-state index >= 15 is 0 Å². The van der Waals surface area contributed by atoms with Gasteiger partial charge in [0.25, 0.3) is 0 Å². The molecular weight excluding hydrogens is 518 g/mol. The van der Waals surface area contributed by atoms with E-state index in [1.807, 2.05) is 60.7 Å². The lowest BCUT2D eigenvalue weighted by Gasteiger charge is -2.26. The number of rotatable bonds is 12. The molecule has 0 bridgehead atoms. The van der Waals surface area contributed by atoms with E-state index in [1.54, 1.807) is 31.2 Å². The molecule has 4 aromatic carbocycles. The van der Waals surface area contributed by atoms with E-state index < -0.39 is 10.1 Å². The zero-order valence-electron chi connectivity index (χ0n) is 23.3. The van der Waals surface area contributed by atoms with Crippen molar-refractivity contribution in [2.75, 3.05) is 0 Å². The number of hydrogen-bond acceptors (Lipinski definition) is 5. The van der Waals surface area contributed by atoms with Crippen molar-refractivity contribution in [1.82, 2.24) is 0 Å². The second-order valence-corrected chi connectivity index (χ2v) is 11.8. The molecule has 208 valence electrons. The third-order valence-corrected chi connectivity index (χ3v) is 8.66. The van der Waals surface area contributed by atoms with Crippen LogP contribution in [-0.2, 0) is 14.4 Å². The van der Waals surface area contributed by atoms with Gasteiger partial charge in [-0.3, -0.25) is 4.28 Å². The van der Waals surface area contributed by atoms with Crippen LogP contribution in [0.15, 0.2) is 119 Å². The van der Waals surface area contributed by atoms with Crippen molar-refractivity contribution in [2.45, 2.75) is 62.7 Å². The molecule has 0 aromatic heterocycles. The Kier molecular flexibility index (Phi) is 9.78. The molecule has 3 unspecified atom stereocenters. The number of phenols is 1. The van der Waals surface area contributed by atoms with Crippen LogP contribution in [0.2, 0.25) is 0 Å². The van der Waals surface area contributed by atoms with E-state index in [9.17, 15) is 13.5 Å². The molecule has 0 heterocycles. The summed E-state index contributed by atoms with van der Waals surface area (Å²) in [6, 6.07) is 34.3. The molecule has 4 aromatic rings. The highest BCUT2D eigenvalue weighted by atomic mass is 32.2. The fourth-order valence-corrected chi connectivity index (χ4v) is 5.89. The highest BCUT2D eigenvalue weighted by Crippen LogP contribution is 2.39. The van der Waals surface area contributed by atoms with Crippen molar-refractivity contribution in [3.8, 4) is 5.75 Å². The van der Waals surface area contributed by atoms with Gasteiger partial charge in [0.05, 0.1) is 5.71 Å². The Labute approximate surface area is 238 Å². The van der Waals surface area contributed by atoms with Crippen LogP contribution in [0.1, 0.15) is 80.0 Å². The van der Waals surface area contributed by atoms with Crippen molar-refractivity contribution in [3.05, 3.63) is 131 Å². The van der Waals surface area contributed by atoms with Crippen molar-refractivity contribution in [2.24, 2.45) is 5.16 Å². The number of aromatic hydroxyl groups is 1. The van der Waals surface area contributed by atoms with Crippen LogP contribution in [0.25, 0.3) is 0 Å². The highest BCUT2D eigenvalue weighted by Gasteiger charge is 2.23. The van der Waals surface area contributed by atoms with E-state index in [4.69, 9.17) is 4.28 Å². The SMILES string of the molecule is CCC(CC(CC(C)c1ccc(S(=O)(=O)O/N=C(/C)c2ccccc2)cc1)c1ccc(O)cc1)c1ccccc1. The number of hydrogen-bond donors (Lipinski definition) is 1. The zero-order valence-corrected chi connectivity index (χ0v) is 24.1. The normalized spacial score (nSPS) is 14.3. The first kappa shape index (κ1) is 29.1. The summed E-state index contributed by atoms with van der Waals surface area (Å²) in [6.45, 7) is 6.10. The van der Waals surface area contributed by atoms with Crippen molar-refractivity contribution in [1.29, 1.82) is 0 Å². The van der Waals surface area contributed by atoms with Gasteiger partial charge < -0.3 is 5.11 Å². The lowest BCUT2D eigenvalue weighted by atomic mass is 9.78. The first-order chi connectivity index (χ1) is 19.3. The topological polar surface area (TPSA) is 76.0 Å². The van der Waals surface area contributed by atoms with Gasteiger partial charge in [0, 0.05) is 0 Å². The van der Waals surface area contributed by atoms with Crippen LogP contribution in [0, 0.1) is 0 Å². The summed E-state index contributed by atoms with van der Waals surface area (Å²) >= 11 is 0. The average Bonchev–Trinajstić information content (AvgIpc) is 2.99. The van der Waals surface area contributed by atoms with E-state index in [0.717, 1.165) is 30.4 Å². The lowest BCUT2D eigenvalue weighted by Crippen LogP contribution is -2.10. The van der Waals surface area contributed by atoms with Gasteiger partial charge in [-0.05, 0) is 90.5 Å². The lowest BCUT2D eigenvalue weighted by molar-refractivity contribution is 0.338. The molecule has 0 fully saturated rings. The first-order valence-corrected chi connectivity index (χ1v) is 15.1. The van der Waals surface area contributed by atoms with Crippen LogP contribution in [0.5, 0.6) is 5.75 Å². The van der Waals surface area contributed by atoms with E-state index in [-0.39, 0.29) is 22.5 Å². The minimum atomic E-state index is -4.04. The second kappa shape index (κ2) is 13.4. The van der Waals surface area contributed by atoms with Crippen LogP contribution < -0.4 is 0 Å². The largest absolute Gasteiger partial charge is 0.508 e. The van der Waals surface area contributed by atoms with E-state index in [1.165, 1.54) is 11.1 Å². The van der Waals surface area contributed by atoms with Gasteiger partial charge in [-0.2, -0.15) is 8.42 Å². The molecule has 6 heteroatoms. The predicted molar refractivity (Wildman–Crippen MR) is 161 cm³/mol. The third-order valence-electron chi connectivity index (χ3n) is 7.54. The summed E-state index contributed by atoms with van der Waals surface area (Å²) in [5, 5.41) is 13.7. The quantitative estimate of drug-likeness (QED) is 0.141. The fourth-order valence-electron chi connectivity index (χ4n) is 5.13. The maximum absolute atomic E-state index is 12.8. The molecule has 4 rings (SSSR count). The molecule has 0 spiro atoms. The fraction of sp³-hybridized carbons (Fsp3) is 0.265. The molecule has 5 nitrogen and oxygen atoms in total. The smallest absolute Gasteiger partial charge is 0.358 e. The van der Waals surface area contributed by atoms with Gasteiger partial charge in [-0.25, -0.2) is 0 Å². The standard InChI is InChI=1S/C34H37NO4S/c1-4-27(30-13-9-6-10-14-30)24-32(31-15-19-33(36)20-16-31)23-25(2)28-17-21-34(22-18-28)40(37,38)39-35-26(3)29-11-7-5-8-12-29/h5-22,25,27,32,36H,4,23-24H2,1-3H3/b35-26-. The highest BCUT2D eigenvalue weighted by molar-refractivity contribution is 7.86. The van der Waals surface area contributed by atoms with Gasteiger partial charge in [0.15, 0.2) is 0 Å². The molecular formula is C34H37NO4S. The number of benzene rings is 4. The zero-order chi connectivity index (χ0) is 28.5. The molecule has 0 aliphatic rings. The Morgan fingerprint density at radius 3 is 1.90 bits per heavy atom. The number of oxime groups is 1. The molecule has 0 amide bonds. The summed E-state index contributed by atoms with van der Waals surface area (Å²) in [4.78, 5) is 0.0678. The van der Waals surface area contributed by atoms with Crippen molar-refractivity contribution < 1.29 is 17.8 Å². The second-order valence-electron chi connectivity index (χ2n) is 10.3. The summed E-state index contributed by atoms with van der Waals surface area (Å²) in [5.74, 6) is 1.12. The Bertz CT molecular complexity index is 1480. The molecule has 0 saturated carbocycles. The first-order valence-electron chi connectivity index (χ1n) is 13.7. The van der Waals surface area contributed by atoms with Gasteiger partial charge in [-0.15, -0.1) is 0 Å². The maximum atomic E-state index is 12.8. The Balaban J connectivity index is 1.49. The van der Waals surface area contributed by atoms with Crippen molar-refractivity contribution >= 4 is 15.8 Å². The number of phenolic OH excluding ortho intramolecular Hbond substituents is 1. The maximum Gasteiger partial charge on any atom is 0.358 e. The molecule has 3 atom stereocenters. The minimum Gasteiger partial charge on any atom is -0.508 e. The Morgan fingerprint density at radius 2 is 1.30 bits per heavy atom. The summed E-state index contributed by atoms with van der Waals surface area (Å²) < 4.78 is 30.6. The Morgan fingerprint density at radius 1 is 0.750 bits per heavy atom. The summed E-state index contributed by atoms with van der Waals surface area (Å²) in [6.07, 6.45) is 2.90. The molecule has 0 aliphatic carbocycles. The van der Waals surface area contributed by atoms with Gasteiger partial charge >= 0.3 is 10.1 Å². The molecule has 0 aliphatic heterocycles. The van der Waals surface area contributed by atoms with Gasteiger partial charge in [0.1, 0.15) is 10.6 Å². The van der Waals surface area contributed by atoms with E-state index in [0.29, 0.717) is 11.6 Å². The Hall–Kier alpha value is -3.90. The summed E-state index contributed by atoms with van der Waals surface area (Å²) in [5.41, 5.74) is 4.86. The molecule has 40 heavy (non-hydrogen) atoms. The third kappa shape index (κ3) is 7.60. The van der Waals surface area contributed by atoms with E-state index in [2.05, 4.69) is 43.3 Å². The van der Waals surface area contributed by atoms with Crippen LogP contribution in [0.4, 0.5) is 0 Å². The van der Waals surface area contributed by atoms with Gasteiger partial charge in [-0.1, -0.05) is 104 Å². The monoisotopic (exact) mass is 555 g/mol. The van der Waals surface area contributed by atoms with Crippen molar-refractivity contribution in [3.63, 3.8) is 0 Å². The van der Waals surface area contributed by atoms with Crippen LogP contribution in [-0.4, -0.2) is 19.2 Å². The van der Waals surface area contributed by atoms with Crippen LogP contribution in [0.3, 0.4) is 0 Å². The number of nitrogens with zero attached hydrogens (tertiary/aromatic N) is 1. The van der Waals surface area contributed by atoms with Crippen LogP contribution >= 0.6 is 0 Å². The summed E-state index contributed by atoms with van der Waals surface area (Å²) in [7, 11) is -4.04. The molecule has 0 saturated heterocycles.